The lowest BCUT2D eigenvalue weighted by Gasteiger charge is -2.08. The highest BCUT2D eigenvalue weighted by atomic mass is 35.5. The zero-order valence-electron chi connectivity index (χ0n) is 14.5. The molecule has 0 aliphatic rings. The first kappa shape index (κ1) is 20.2. The maximum Gasteiger partial charge on any atom is 0.252 e. The van der Waals surface area contributed by atoms with Gasteiger partial charge in [0.15, 0.2) is 0 Å². The number of nitrogens with zero attached hydrogens (tertiary/aromatic N) is 1. The van der Waals surface area contributed by atoms with Gasteiger partial charge in [-0.05, 0) is 36.6 Å². The highest BCUT2D eigenvalue weighted by molar-refractivity contribution is 6.35. The number of amides is 2. The minimum Gasteiger partial charge on any atom is -0.352 e. The smallest absolute Gasteiger partial charge is 0.252 e. The third kappa shape index (κ3) is 6.00. The van der Waals surface area contributed by atoms with Crippen molar-refractivity contribution in [3.63, 3.8) is 0 Å². The Morgan fingerprint density at radius 1 is 1.00 bits per heavy atom. The van der Waals surface area contributed by atoms with Crippen molar-refractivity contribution < 1.29 is 9.59 Å². The molecular weight excluding hydrogens is 373 g/mol. The van der Waals surface area contributed by atoms with Crippen LogP contribution in [0.2, 0.25) is 10.0 Å². The molecule has 0 saturated heterocycles. The molecule has 7 heteroatoms. The lowest BCUT2D eigenvalue weighted by molar-refractivity contribution is 0.0952. The SMILES string of the molecule is CCCCNC(=O)c1cncc(C(=O)NCCc2ccc(Cl)cc2Cl)c1. The van der Waals surface area contributed by atoms with Gasteiger partial charge in [-0.3, -0.25) is 14.6 Å². The number of benzene rings is 1. The van der Waals surface area contributed by atoms with Gasteiger partial charge in [0, 0.05) is 35.5 Å². The third-order valence-electron chi connectivity index (χ3n) is 3.77. The van der Waals surface area contributed by atoms with Gasteiger partial charge in [-0.15, -0.1) is 0 Å². The number of carbonyl (C=O) groups is 2. The predicted octanol–water partition coefficient (Wildman–Crippen LogP) is 3.89. The Balaban J connectivity index is 1.90. The standard InChI is InChI=1S/C19H21Cl2N3O2/c1-2-3-7-23-18(25)14-9-15(12-22-11-14)19(26)24-8-6-13-4-5-16(20)10-17(13)21/h4-5,9-12H,2-3,6-8H2,1H3,(H,23,25)(H,24,26). The van der Waals surface area contributed by atoms with Crippen molar-refractivity contribution in [1.29, 1.82) is 0 Å². The molecule has 138 valence electrons. The van der Waals surface area contributed by atoms with Crippen LogP contribution in [0.3, 0.4) is 0 Å². The van der Waals surface area contributed by atoms with Crippen molar-refractivity contribution >= 4 is 35.0 Å². The number of hydrogen-bond donors (Lipinski definition) is 2. The van der Waals surface area contributed by atoms with Gasteiger partial charge in [0.1, 0.15) is 0 Å². The predicted molar refractivity (Wildman–Crippen MR) is 104 cm³/mol. The molecule has 0 fully saturated rings. The van der Waals surface area contributed by atoms with Gasteiger partial charge in [-0.1, -0.05) is 42.6 Å². The maximum atomic E-state index is 12.3. The van der Waals surface area contributed by atoms with E-state index in [-0.39, 0.29) is 11.8 Å². The Bertz CT molecular complexity index is 781. The van der Waals surface area contributed by atoms with Crippen molar-refractivity contribution in [1.82, 2.24) is 15.6 Å². The van der Waals surface area contributed by atoms with E-state index in [1.807, 2.05) is 6.07 Å². The van der Waals surface area contributed by atoms with Gasteiger partial charge in [-0.25, -0.2) is 0 Å². The molecule has 2 aromatic rings. The van der Waals surface area contributed by atoms with E-state index >= 15 is 0 Å². The number of unbranched alkanes of at least 4 members (excludes halogenated alkanes) is 1. The van der Waals surface area contributed by atoms with Crippen LogP contribution < -0.4 is 10.6 Å². The van der Waals surface area contributed by atoms with Crippen LogP contribution in [0.25, 0.3) is 0 Å². The van der Waals surface area contributed by atoms with Crippen LogP contribution in [0.1, 0.15) is 46.0 Å². The van der Waals surface area contributed by atoms with Crippen molar-refractivity contribution in [3.05, 3.63) is 63.4 Å². The van der Waals surface area contributed by atoms with Gasteiger partial charge in [0.25, 0.3) is 11.8 Å². The van der Waals surface area contributed by atoms with Crippen LogP contribution in [-0.2, 0) is 6.42 Å². The van der Waals surface area contributed by atoms with Crippen LogP contribution in [0.15, 0.2) is 36.7 Å². The fraction of sp³-hybridized carbons (Fsp3) is 0.316. The normalized spacial score (nSPS) is 10.4. The third-order valence-corrected chi connectivity index (χ3v) is 4.36. The molecule has 2 N–H and O–H groups in total. The van der Waals surface area contributed by atoms with Crippen molar-refractivity contribution in [3.8, 4) is 0 Å². The Morgan fingerprint density at radius 3 is 2.27 bits per heavy atom. The monoisotopic (exact) mass is 393 g/mol. The number of hydrogen-bond acceptors (Lipinski definition) is 3. The van der Waals surface area contributed by atoms with Gasteiger partial charge in [-0.2, -0.15) is 0 Å². The Kier molecular flexibility index (Phi) is 7.88. The molecule has 26 heavy (non-hydrogen) atoms. The molecule has 0 saturated carbocycles. The zero-order chi connectivity index (χ0) is 18.9. The molecule has 1 aromatic heterocycles. The van der Waals surface area contributed by atoms with Gasteiger partial charge >= 0.3 is 0 Å². The summed E-state index contributed by atoms with van der Waals surface area (Å²) in [6.45, 7) is 3.07. The summed E-state index contributed by atoms with van der Waals surface area (Å²) in [7, 11) is 0. The minimum absolute atomic E-state index is 0.228. The number of pyridine rings is 1. The van der Waals surface area contributed by atoms with Gasteiger partial charge in [0.05, 0.1) is 11.1 Å². The average molecular weight is 394 g/mol. The topological polar surface area (TPSA) is 71.1 Å². The molecule has 0 radical (unpaired) electrons. The molecule has 2 rings (SSSR count). The summed E-state index contributed by atoms with van der Waals surface area (Å²) >= 11 is 12.0. The molecule has 0 aliphatic heterocycles. The Hall–Kier alpha value is -2.11. The zero-order valence-corrected chi connectivity index (χ0v) is 16.0. The lowest BCUT2D eigenvalue weighted by Crippen LogP contribution is -2.27. The van der Waals surface area contributed by atoms with Crippen molar-refractivity contribution in [2.45, 2.75) is 26.2 Å². The summed E-state index contributed by atoms with van der Waals surface area (Å²) in [5.74, 6) is -0.514. The van der Waals surface area contributed by atoms with E-state index in [0.29, 0.717) is 40.7 Å². The van der Waals surface area contributed by atoms with E-state index in [9.17, 15) is 9.59 Å². The largest absolute Gasteiger partial charge is 0.352 e. The number of rotatable bonds is 8. The summed E-state index contributed by atoms with van der Waals surface area (Å²) in [5, 5.41) is 6.75. The second-order valence-corrected chi connectivity index (χ2v) is 6.66. The summed E-state index contributed by atoms with van der Waals surface area (Å²) < 4.78 is 0. The van der Waals surface area contributed by atoms with E-state index in [4.69, 9.17) is 23.2 Å². The summed E-state index contributed by atoms with van der Waals surface area (Å²) in [5.41, 5.74) is 1.61. The van der Waals surface area contributed by atoms with Crippen molar-refractivity contribution in [2.24, 2.45) is 0 Å². The Morgan fingerprint density at radius 2 is 1.65 bits per heavy atom. The van der Waals surface area contributed by atoms with E-state index in [0.717, 1.165) is 18.4 Å². The number of halogens is 2. The molecule has 2 amide bonds. The quantitative estimate of drug-likeness (QED) is 0.668. The van der Waals surface area contributed by atoms with Crippen molar-refractivity contribution in [2.75, 3.05) is 13.1 Å². The molecule has 1 aromatic carbocycles. The van der Waals surface area contributed by atoms with E-state index in [1.165, 1.54) is 12.4 Å². The number of carbonyl (C=O) groups excluding carboxylic acids is 2. The molecular formula is C19H21Cl2N3O2. The van der Waals surface area contributed by atoms with Crippen LogP contribution in [-0.4, -0.2) is 29.9 Å². The number of nitrogens with one attached hydrogen (secondary N) is 2. The maximum absolute atomic E-state index is 12.3. The second kappa shape index (κ2) is 10.1. The van der Waals surface area contributed by atoms with E-state index < -0.39 is 0 Å². The highest BCUT2D eigenvalue weighted by Gasteiger charge is 2.11. The van der Waals surface area contributed by atoms with Crippen LogP contribution in [0.5, 0.6) is 0 Å². The fourth-order valence-electron chi connectivity index (χ4n) is 2.31. The first-order valence-electron chi connectivity index (χ1n) is 8.46. The molecule has 0 bridgehead atoms. The molecule has 1 heterocycles. The first-order valence-corrected chi connectivity index (χ1v) is 9.22. The summed E-state index contributed by atoms with van der Waals surface area (Å²) in [4.78, 5) is 28.3. The summed E-state index contributed by atoms with van der Waals surface area (Å²) in [6.07, 6.45) is 5.37. The van der Waals surface area contributed by atoms with E-state index in [2.05, 4.69) is 22.5 Å². The van der Waals surface area contributed by atoms with Gasteiger partial charge in [0.2, 0.25) is 0 Å². The molecule has 5 nitrogen and oxygen atoms in total. The molecule has 0 unspecified atom stereocenters. The van der Waals surface area contributed by atoms with Crippen LogP contribution in [0.4, 0.5) is 0 Å². The van der Waals surface area contributed by atoms with Crippen LogP contribution >= 0.6 is 23.2 Å². The van der Waals surface area contributed by atoms with Gasteiger partial charge < -0.3 is 10.6 Å². The first-order chi connectivity index (χ1) is 12.5. The second-order valence-electron chi connectivity index (χ2n) is 5.81. The minimum atomic E-state index is -0.286. The molecule has 0 aliphatic carbocycles. The number of aromatic nitrogens is 1. The molecule has 0 spiro atoms. The summed E-state index contributed by atoms with van der Waals surface area (Å²) in [6, 6.07) is 6.80. The Labute approximate surface area is 163 Å². The highest BCUT2D eigenvalue weighted by Crippen LogP contribution is 2.21. The van der Waals surface area contributed by atoms with Crippen LogP contribution in [0, 0.1) is 0 Å². The molecule has 0 atom stereocenters. The fourth-order valence-corrected chi connectivity index (χ4v) is 2.81. The average Bonchev–Trinajstić information content (AvgIpc) is 2.63. The van der Waals surface area contributed by atoms with E-state index in [1.54, 1.807) is 18.2 Å². The lowest BCUT2D eigenvalue weighted by atomic mass is 10.1.